The van der Waals surface area contributed by atoms with Gasteiger partial charge >= 0.3 is 24.2 Å². The topological polar surface area (TPSA) is 69.9 Å². The molecule has 39 heavy (non-hydrogen) atoms. The van der Waals surface area contributed by atoms with Gasteiger partial charge in [0.15, 0.2) is 0 Å². The van der Waals surface area contributed by atoms with Crippen LogP contribution in [-0.4, -0.2) is 45.1 Å². The van der Waals surface area contributed by atoms with Crippen LogP contribution >= 0.6 is 11.3 Å². The first-order chi connectivity index (χ1) is 17.9. The summed E-state index contributed by atoms with van der Waals surface area (Å²) in [6.45, 7) is 0.823. The largest absolute Gasteiger partial charge is 0.488 e. The van der Waals surface area contributed by atoms with Crippen molar-refractivity contribution in [2.24, 2.45) is 0 Å². The number of ether oxygens (including phenoxy) is 1. The lowest BCUT2D eigenvalue weighted by Crippen LogP contribution is -2.69. The third-order valence-electron chi connectivity index (χ3n) is 5.56. The average Bonchev–Trinajstić information content (AvgIpc) is 3.32. The van der Waals surface area contributed by atoms with Crippen LogP contribution in [-0.2, 0) is 19.8 Å². The molecule has 2 rings (SSSR count). The molecule has 0 saturated heterocycles. The summed E-state index contributed by atoms with van der Waals surface area (Å²) in [5, 5.41) is 28.1. The number of thiophene rings is 1. The van der Waals surface area contributed by atoms with Gasteiger partial charge in [-0.05, 0) is 53.5 Å². The fourth-order valence-electron chi connectivity index (χ4n) is 3.29. The minimum Gasteiger partial charge on any atom is -0.488 e. The number of allylic oxidation sites excluding steroid dienone is 3. The van der Waals surface area contributed by atoms with Gasteiger partial charge in [-0.1, -0.05) is 25.1 Å². The van der Waals surface area contributed by atoms with Crippen molar-refractivity contribution >= 4 is 16.9 Å². The van der Waals surface area contributed by atoms with Crippen molar-refractivity contribution in [2.45, 2.75) is 63.0 Å². The molecule has 0 fully saturated rings. The molecule has 0 spiro atoms. The van der Waals surface area contributed by atoms with E-state index in [4.69, 9.17) is 4.74 Å². The molecule has 0 aliphatic rings. The van der Waals surface area contributed by atoms with Crippen LogP contribution in [0, 0.1) is 0 Å². The van der Waals surface area contributed by atoms with Gasteiger partial charge in [0, 0.05) is 9.75 Å². The van der Waals surface area contributed by atoms with Crippen LogP contribution in [0.5, 0.6) is 5.75 Å². The fraction of sp³-hybridized carbons (Fsp3) is 0.417. The first kappa shape index (κ1) is 32.6. The first-order valence-corrected chi connectivity index (χ1v) is 11.7. The molecule has 1 aromatic heterocycles. The number of hydrogen-bond donors (Lipinski definition) is 3. The predicted octanol–water partition coefficient (Wildman–Crippen LogP) is 6.79. The highest BCUT2D eigenvalue weighted by Gasteiger charge is 2.83. The maximum absolute atomic E-state index is 13.8. The van der Waals surface area contributed by atoms with Crippen molar-refractivity contribution in [2.75, 3.05) is 0 Å². The van der Waals surface area contributed by atoms with E-state index in [2.05, 4.69) is 0 Å². The Labute approximate surface area is 219 Å². The van der Waals surface area contributed by atoms with Crippen LogP contribution in [0.25, 0.3) is 5.57 Å². The Balaban J connectivity index is 2.33. The van der Waals surface area contributed by atoms with E-state index >= 15 is 0 Å². The third-order valence-corrected chi connectivity index (χ3v) is 6.70. The van der Waals surface area contributed by atoms with Crippen LogP contribution in [0.3, 0.4) is 0 Å². The zero-order valence-corrected chi connectivity index (χ0v) is 20.7. The van der Waals surface area contributed by atoms with Gasteiger partial charge in [-0.3, -0.25) is 0 Å². The summed E-state index contributed by atoms with van der Waals surface area (Å²) < 4.78 is 137. The molecule has 1 aromatic carbocycles. The maximum Gasteiger partial charge on any atom is 0.457 e. The van der Waals surface area contributed by atoms with E-state index < -0.39 is 35.9 Å². The van der Waals surface area contributed by atoms with Crippen LogP contribution in [0.1, 0.15) is 34.2 Å². The molecule has 0 saturated carbocycles. The summed E-state index contributed by atoms with van der Waals surface area (Å²) in [4.78, 5) is 0.926. The molecular formula is C24H22F10O4S. The van der Waals surface area contributed by atoms with Crippen molar-refractivity contribution in [1.82, 2.24) is 0 Å². The van der Waals surface area contributed by atoms with Crippen molar-refractivity contribution in [3.8, 4) is 5.75 Å². The molecule has 2 aromatic rings. The molecule has 3 N–H and O–H groups in total. The fourth-order valence-corrected chi connectivity index (χ4v) is 4.31. The van der Waals surface area contributed by atoms with Gasteiger partial charge in [0.25, 0.3) is 0 Å². The quantitative estimate of drug-likeness (QED) is 0.198. The van der Waals surface area contributed by atoms with E-state index in [1.165, 1.54) is 31.2 Å². The highest BCUT2D eigenvalue weighted by Crippen LogP contribution is 2.55. The lowest BCUT2D eigenvalue weighted by Gasteiger charge is -2.40. The minimum absolute atomic E-state index is 0.0177. The summed E-state index contributed by atoms with van der Waals surface area (Å²) in [6, 6.07) is 7.60. The molecule has 0 amide bonds. The lowest BCUT2D eigenvalue weighted by atomic mass is 9.86. The molecule has 0 unspecified atom stereocenters. The Kier molecular flexibility index (Phi) is 9.91. The number of rotatable bonds is 11. The van der Waals surface area contributed by atoms with Gasteiger partial charge in [0.2, 0.25) is 5.60 Å². The Morgan fingerprint density at radius 2 is 1.41 bits per heavy atom. The first-order valence-electron chi connectivity index (χ1n) is 10.9. The molecule has 15 heteroatoms. The Morgan fingerprint density at radius 1 is 0.846 bits per heavy atom. The highest BCUT2D eigenvalue weighted by atomic mass is 32.1. The van der Waals surface area contributed by atoms with E-state index in [0.29, 0.717) is 26.6 Å². The monoisotopic (exact) mass is 596 g/mol. The number of aliphatic hydroxyl groups excluding tert-OH is 2. The van der Waals surface area contributed by atoms with Crippen molar-refractivity contribution in [1.29, 1.82) is 0 Å². The zero-order chi connectivity index (χ0) is 29.9. The second-order valence-corrected chi connectivity index (χ2v) is 9.28. The summed E-state index contributed by atoms with van der Waals surface area (Å²) in [5.74, 6) is -13.4. The standard InChI is InChI=1S/C24H22F10O4S/c1-2-14(4-3-9-20(37,21(25,26)23(29,30)31)22(27,28)24(32,33)34)19-8-7-18(39-19)13-38-17-6-5-15(11-35)16(10-17)12-36/h3-10,35-37H,2,11-13H2,1H3. The van der Waals surface area contributed by atoms with Gasteiger partial charge in [-0.2, -0.15) is 43.9 Å². The molecule has 218 valence electrons. The molecule has 0 radical (unpaired) electrons. The third kappa shape index (κ3) is 6.58. The molecule has 1 heterocycles. The van der Waals surface area contributed by atoms with Crippen LogP contribution in [0.15, 0.2) is 48.6 Å². The van der Waals surface area contributed by atoms with Gasteiger partial charge in [-0.15, -0.1) is 11.3 Å². The van der Waals surface area contributed by atoms with Crippen molar-refractivity contribution in [3.63, 3.8) is 0 Å². The molecule has 0 atom stereocenters. The normalized spacial score (nSPS) is 14.4. The van der Waals surface area contributed by atoms with Gasteiger partial charge < -0.3 is 20.1 Å². The van der Waals surface area contributed by atoms with E-state index in [-0.39, 0.29) is 37.9 Å². The predicted molar refractivity (Wildman–Crippen MR) is 121 cm³/mol. The van der Waals surface area contributed by atoms with E-state index in [1.54, 1.807) is 6.07 Å². The molecule has 0 aliphatic carbocycles. The van der Waals surface area contributed by atoms with E-state index in [9.17, 15) is 59.2 Å². The summed E-state index contributed by atoms with van der Waals surface area (Å²) in [6.07, 6.45) is -13.9. The van der Waals surface area contributed by atoms with Gasteiger partial charge in [0.1, 0.15) is 12.4 Å². The van der Waals surface area contributed by atoms with Crippen LogP contribution in [0.2, 0.25) is 0 Å². The van der Waals surface area contributed by atoms with Crippen LogP contribution < -0.4 is 4.74 Å². The number of hydrogen-bond acceptors (Lipinski definition) is 5. The smallest absolute Gasteiger partial charge is 0.457 e. The molecule has 0 bridgehead atoms. The molecular weight excluding hydrogens is 574 g/mol. The van der Waals surface area contributed by atoms with Gasteiger partial charge in [0.05, 0.1) is 13.2 Å². The maximum atomic E-state index is 13.8. The average molecular weight is 596 g/mol. The second-order valence-electron chi connectivity index (χ2n) is 8.12. The van der Waals surface area contributed by atoms with Gasteiger partial charge in [-0.25, -0.2) is 0 Å². The SMILES string of the molecule is CCC(=CC=CC(O)(C(F)(F)C(F)(F)F)C(F)(F)C(F)(F)F)c1ccc(COc2ccc(CO)c(CO)c2)s1. The lowest BCUT2D eigenvalue weighted by molar-refractivity contribution is -0.409. The van der Waals surface area contributed by atoms with E-state index in [1.807, 2.05) is 0 Å². The number of alkyl halides is 10. The highest BCUT2D eigenvalue weighted by molar-refractivity contribution is 7.13. The van der Waals surface area contributed by atoms with E-state index in [0.717, 1.165) is 17.4 Å². The molecule has 4 nitrogen and oxygen atoms in total. The molecule has 0 aliphatic heterocycles. The minimum atomic E-state index is -6.93. The summed E-state index contributed by atoms with van der Waals surface area (Å²) >= 11 is 1.04. The summed E-state index contributed by atoms with van der Waals surface area (Å²) in [7, 11) is 0. The van der Waals surface area contributed by atoms with Crippen molar-refractivity contribution < 1.29 is 64.0 Å². The van der Waals surface area contributed by atoms with Crippen molar-refractivity contribution in [3.05, 3.63) is 69.4 Å². The number of aliphatic hydroxyl groups is 3. The zero-order valence-electron chi connectivity index (χ0n) is 19.9. The Bertz CT molecular complexity index is 1160. The Morgan fingerprint density at radius 3 is 1.90 bits per heavy atom. The Hall–Kier alpha value is -2.62. The number of benzene rings is 1. The number of halogens is 10. The second kappa shape index (κ2) is 11.9. The van der Waals surface area contributed by atoms with Crippen LogP contribution in [0.4, 0.5) is 43.9 Å². The summed E-state index contributed by atoms with van der Waals surface area (Å²) in [5.41, 5.74) is -4.90.